The molecule has 0 amide bonds. The summed E-state index contributed by atoms with van der Waals surface area (Å²) in [5.74, 6) is 0.727. The maximum absolute atomic E-state index is 6.73. The van der Waals surface area contributed by atoms with Crippen LogP contribution in [0.15, 0.2) is 0 Å². The van der Waals surface area contributed by atoms with E-state index >= 15 is 0 Å². The lowest BCUT2D eigenvalue weighted by atomic mass is 9.74. The molecule has 106 valence electrons. The molecule has 1 fully saturated rings. The van der Waals surface area contributed by atoms with Crippen LogP contribution in [-0.4, -0.2) is 25.0 Å². The van der Waals surface area contributed by atoms with E-state index < -0.39 is 0 Å². The van der Waals surface area contributed by atoms with Crippen molar-refractivity contribution in [3.8, 4) is 0 Å². The minimum atomic E-state index is -0.105. The Balaban J connectivity index is 2.60. The fourth-order valence-electron chi connectivity index (χ4n) is 2.89. The minimum Gasteiger partial charge on any atom is -0.168 e. The van der Waals surface area contributed by atoms with Crippen LogP contribution in [0.1, 0.15) is 85.0 Å². The number of thioether (sulfide) groups is 1. The highest BCUT2D eigenvalue weighted by Crippen LogP contribution is 2.46. The van der Waals surface area contributed by atoms with Crippen molar-refractivity contribution in [3.05, 3.63) is 0 Å². The van der Waals surface area contributed by atoms with Crippen molar-refractivity contribution in [2.45, 2.75) is 94.3 Å². The Morgan fingerprint density at radius 1 is 1.16 bits per heavy atom. The van der Waals surface area contributed by atoms with Crippen LogP contribution in [-0.2, 0) is 0 Å². The van der Waals surface area contributed by atoms with E-state index in [1.165, 1.54) is 38.5 Å². The summed E-state index contributed by atoms with van der Waals surface area (Å²) in [5, 5.41) is 0. The number of rotatable bonds is 8. The first-order chi connectivity index (χ1) is 8.89. The first kappa shape index (κ1) is 17.5. The highest BCUT2D eigenvalue weighted by atomic mass is 32.2. The van der Waals surface area contributed by atoms with Crippen molar-refractivity contribution in [1.82, 2.24) is 0 Å². The van der Waals surface area contributed by atoms with Crippen LogP contribution in [0.3, 0.4) is 0 Å². The molecule has 3 heteroatoms. The van der Waals surface area contributed by atoms with Crippen LogP contribution in [0.25, 0.3) is 0 Å². The average Bonchev–Trinajstić information content (AvgIpc) is 2.34. The Hall–Kier alpha value is 0.480. The van der Waals surface area contributed by atoms with E-state index in [1.54, 1.807) is 0 Å². The van der Waals surface area contributed by atoms with Crippen LogP contribution in [0.4, 0.5) is 0 Å². The minimum absolute atomic E-state index is 0.0578. The molecule has 1 unspecified atom stereocenters. The van der Waals surface area contributed by atoms with Gasteiger partial charge in [-0.25, -0.2) is 0 Å². The van der Waals surface area contributed by atoms with Gasteiger partial charge in [0.25, 0.3) is 0 Å². The second-order valence-electron chi connectivity index (χ2n) is 6.83. The maximum Gasteiger partial charge on any atom is 0.0893 e. The van der Waals surface area contributed by atoms with Crippen molar-refractivity contribution in [1.29, 1.82) is 0 Å². The van der Waals surface area contributed by atoms with Crippen LogP contribution in [0.2, 0.25) is 0 Å². The first-order valence-corrected chi connectivity index (χ1v) is 8.99. The van der Waals surface area contributed by atoms with Gasteiger partial charge in [0, 0.05) is 0 Å². The number of hydrogen-bond acceptors (Lipinski definition) is 1. The van der Waals surface area contributed by atoms with E-state index in [0.29, 0.717) is 0 Å². The predicted octanol–water partition coefficient (Wildman–Crippen LogP) is 5.04. The third-order valence-electron chi connectivity index (χ3n) is 4.20. The SMILES string of the molecule is [B]C1(SC([B])(CCCC)CCC(C)C)CCCCC1. The van der Waals surface area contributed by atoms with E-state index in [4.69, 9.17) is 15.7 Å². The zero-order valence-electron chi connectivity index (χ0n) is 13.2. The summed E-state index contributed by atoms with van der Waals surface area (Å²) < 4.78 is -0.163. The third-order valence-corrected chi connectivity index (χ3v) is 5.83. The highest BCUT2D eigenvalue weighted by Gasteiger charge is 2.35. The second-order valence-corrected chi connectivity index (χ2v) is 8.66. The maximum atomic E-state index is 6.73. The van der Waals surface area contributed by atoms with Gasteiger partial charge in [0.1, 0.15) is 0 Å². The Morgan fingerprint density at radius 3 is 2.32 bits per heavy atom. The molecule has 0 aromatic rings. The van der Waals surface area contributed by atoms with Crippen LogP contribution in [0.5, 0.6) is 0 Å². The molecule has 0 heterocycles. The van der Waals surface area contributed by atoms with E-state index in [1.807, 2.05) is 11.8 Å². The van der Waals surface area contributed by atoms with E-state index in [2.05, 4.69) is 20.8 Å². The van der Waals surface area contributed by atoms with Gasteiger partial charge in [0.05, 0.1) is 15.7 Å². The molecule has 0 nitrogen and oxygen atoms in total. The summed E-state index contributed by atoms with van der Waals surface area (Å²) in [6.45, 7) is 6.81. The van der Waals surface area contributed by atoms with Gasteiger partial charge in [0.2, 0.25) is 0 Å². The summed E-state index contributed by atoms with van der Waals surface area (Å²) in [5.41, 5.74) is 0. The molecule has 1 rings (SSSR count). The zero-order chi connectivity index (χ0) is 14.4. The van der Waals surface area contributed by atoms with Crippen LogP contribution >= 0.6 is 11.8 Å². The smallest absolute Gasteiger partial charge is 0.0893 e. The number of unbranched alkanes of at least 4 members (excludes halogenated alkanes) is 1. The Bertz CT molecular complexity index is 249. The lowest BCUT2D eigenvalue weighted by molar-refractivity contribution is 0.469. The monoisotopic (exact) mass is 276 g/mol. The summed E-state index contributed by atoms with van der Waals surface area (Å²) in [4.78, 5) is 0. The van der Waals surface area contributed by atoms with Crippen molar-refractivity contribution < 1.29 is 0 Å². The van der Waals surface area contributed by atoms with Crippen molar-refractivity contribution in [3.63, 3.8) is 0 Å². The molecule has 0 aromatic carbocycles. The van der Waals surface area contributed by atoms with Crippen LogP contribution < -0.4 is 0 Å². The zero-order valence-corrected chi connectivity index (χ0v) is 14.0. The predicted molar refractivity (Wildman–Crippen MR) is 91.2 cm³/mol. The van der Waals surface area contributed by atoms with Gasteiger partial charge in [-0.2, -0.15) is 11.8 Å². The first-order valence-electron chi connectivity index (χ1n) is 8.17. The Kier molecular flexibility index (Phi) is 7.43. The van der Waals surface area contributed by atoms with Gasteiger partial charge < -0.3 is 0 Å². The topological polar surface area (TPSA) is 0 Å². The fourth-order valence-corrected chi connectivity index (χ4v) is 4.66. The van der Waals surface area contributed by atoms with Gasteiger partial charge >= 0.3 is 0 Å². The molecule has 0 spiro atoms. The standard InChI is InChI=1S/C16H30B2S/c1-4-5-10-16(18,13-9-14(2)3)19-15(17)11-7-6-8-12-15/h14H,4-13H2,1-3H3. The molecule has 0 N–H and O–H groups in total. The summed E-state index contributed by atoms with van der Waals surface area (Å²) in [7, 11) is 13.3. The molecule has 1 aliphatic rings. The Morgan fingerprint density at radius 2 is 1.79 bits per heavy atom. The Labute approximate surface area is 128 Å². The van der Waals surface area contributed by atoms with E-state index in [0.717, 1.165) is 31.6 Å². The van der Waals surface area contributed by atoms with Crippen molar-refractivity contribution in [2.24, 2.45) is 5.92 Å². The van der Waals surface area contributed by atoms with Crippen LogP contribution in [0, 0.1) is 5.92 Å². The van der Waals surface area contributed by atoms with Crippen molar-refractivity contribution in [2.75, 3.05) is 0 Å². The largest absolute Gasteiger partial charge is 0.168 e. The highest BCUT2D eigenvalue weighted by molar-refractivity contribution is 8.04. The van der Waals surface area contributed by atoms with E-state index in [9.17, 15) is 0 Å². The lowest BCUT2D eigenvalue weighted by Crippen LogP contribution is -2.38. The van der Waals surface area contributed by atoms with Gasteiger partial charge in [0.15, 0.2) is 0 Å². The molecule has 1 atom stereocenters. The van der Waals surface area contributed by atoms with Crippen molar-refractivity contribution >= 4 is 27.5 Å². The number of hydrogen-bond donors (Lipinski definition) is 0. The lowest BCUT2D eigenvalue weighted by Gasteiger charge is -2.43. The second kappa shape index (κ2) is 8.05. The van der Waals surface area contributed by atoms with Gasteiger partial charge in [-0.3, -0.25) is 0 Å². The van der Waals surface area contributed by atoms with Gasteiger partial charge in [-0.15, -0.1) is 0 Å². The normalized spacial score (nSPS) is 22.3. The van der Waals surface area contributed by atoms with Gasteiger partial charge in [-0.1, -0.05) is 59.3 Å². The summed E-state index contributed by atoms with van der Waals surface area (Å²) in [6.07, 6.45) is 12.1. The summed E-state index contributed by atoms with van der Waals surface area (Å²) in [6, 6.07) is 0. The molecule has 4 radical (unpaired) electrons. The quantitative estimate of drug-likeness (QED) is 0.560. The third kappa shape index (κ3) is 6.65. The average molecular weight is 276 g/mol. The molecule has 19 heavy (non-hydrogen) atoms. The fraction of sp³-hybridized carbons (Fsp3) is 1.00. The summed E-state index contributed by atoms with van der Waals surface area (Å²) >= 11 is 1.91. The van der Waals surface area contributed by atoms with E-state index in [-0.39, 0.29) is 9.29 Å². The molecule has 0 aliphatic heterocycles. The molecule has 0 bridgehead atoms. The molecule has 1 saturated carbocycles. The molecular weight excluding hydrogens is 246 g/mol. The molecule has 1 aliphatic carbocycles. The molecule has 0 saturated heterocycles. The molecular formula is C16H30B2S. The van der Waals surface area contributed by atoms with Gasteiger partial charge in [-0.05, 0) is 40.9 Å². The molecule has 0 aromatic heterocycles.